The molecule has 0 bridgehead atoms. The second-order valence-electron chi connectivity index (χ2n) is 2.90. The molecular weight excluding hydrogens is 197 g/mol. The number of aliphatic imine (C=N–C) groups is 1. The van der Waals surface area contributed by atoms with Gasteiger partial charge < -0.3 is 16.4 Å². The third-order valence-electron chi connectivity index (χ3n) is 1.77. The predicted octanol–water partition coefficient (Wildman–Crippen LogP) is 0.470. The first-order valence-electron chi connectivity index (χ1n) is 4.18. The van der Waals surface area contributed by atoms with Crippen molar-refractivity contribution >= 4 is 17.6 Å². The highest BCUT2D eigenvalue weighted by Crippen LogP contribution is 2.13. The number of hydrogen-bond donors (Lipinski definition) is 3. The van der Waals surface area contributed by atoms with Crippen LogP contribution in [0.25, 0.3) is 0 Å². The summed E-state index contributed by atoms with van der Waals surface area (Å²) in [5, 5.41) is 7.50. The zero-order chi connectivity index (χ0) is 11.4. The standard InChI is InChI=1S/C9H12FN5/c1-15(9(13)14-8(11)12)7-4-2-6(10)3-5-7/h2-5H,1H3,(H5,11,12,13,14). The van der Waals surface area contributed by atoms with Crippen molar-refractivity contribution in [2.24, 2.45) is 16.5 Å². The lowest BCUT2D eigenvalue weighted by Gasteiger charge is -2.16. The van der Waals surface area contributed by atoms with Gasteiger partial charge in [-0.15, -0.1) is 0 Å². The molecular formula is C9H12FN5. The van der Waals surface area contributed by atoms with Gasteiger partial charge in [-0.2, -0.15) is 4.99 Å². The van der Waals surface area contributed by atoms with Crippen molar-refractivity contribution in [2.75, 3.05) is 11.9 Å². The maximum Gasteiger partial charge on any atom is 0.225 e. The molecule has 1 aromatic carbocycles. The summed E-state index contributed by atoms with van der Waals surface area (Å²) in [6, 6.07) is 5.67. The summed E-state index contributed by atoms with van der Waals surface area (Å²) >= 11 is 0. The molecule has 0 aliphatic rings. The summed E-state index contributed by atoms with van der Waals surface area (Å²) in [6.07, 6.45) is 0. The fourth-order valence-corrected chi connectivity index (χ4v) is 0.984. The van der Waals surface area contributed by atoms with Crippen molar-refractivity contribution < 1.29 is 4.39 Å². The molecule has 1 aromatic rings. The van der Waals surface area contributed by atoms with Crippen LogP contribution in [0.5, 0.6) is 0 Å². The molecule has 5 N–H and O–H groups in total. The molecule has 1 rings (SSSR count). The smallest absolute Gasteiger partial charge is 0.225 e. The van der Waals surface area contributed by atoms with Crippen LogP contribution < -0.4 is 16.4 Å². The average Bonchev–Trinajstić information content (AvgIpc) is 2.17. The first-order chi connectivity index (χ1) is 7.00. The number of rotatable bonds is 1. The molecule has 0 aromatic heterocycles. The molecule has 0 fully saturated rings. The Morgan fingerprint density at radius 1 is 1.33 bits per heavy atom. The Labute approximate surface area is 86.7 Å². The fourth-order valence-electron chi connectivity index (χ4n) is 0.984. The van der Waals surface area contributed by atoms with Crippen LogP contribution in [0.4, 0.5) is 10.1 Å². The number of nitrogens with zero attached hydrogens (tertiary/aromatic N) is 2. The van der Waals surface area contributed by atoms with E-state index < -0.39 is 0 Å². The predicted molar refractivity (Wildman–Crippen MR) is 58.3 cm³/mol. The molecule has 0 spiro atoms. The number of nitrogens with one attached hydrogen (secondary N) is 1. The second-order valence-corrected chi connectivity index (χ2v) is 2.90. The van der Waals surface area contributed by atoms with E-state index in [1.54, 1.807) is 7.05 Å². The molecule has 0 saturated carbocycles. The summed E-state index contributed by atoms with van der Waals surface area (Å²) in [5.74, 6) is -0.629. The zero-order valence-corrected chi connectivity index (χ0v) is 8.24. The van der Waals surface area contributed by atoms with Gasteiger partial charge in [0.1, 0.15) is 5.82 Å². The largest absolute Gasteiger partial charge is 0.370 e. The minimum atomic E-state index is -0.333. The first-order valence-corrected chi connectivity index (χ1v) is 4.18. The van der Waals surface area contributed by atoms with E-state index in [0.717, 1.165) is 0 Å². The number of hydrogen-bond acceptors (Lipinski definition) is 1. The van der Waals surface area contributed by atoms with Gasteiger partial charge >= 0.3 is 0 Å². The number of anilines is 1. The van der Waals surface area contributed by atoms with Crippen LogP contribution in [0.3, 0.4) is 0 Å². The topological polar surface area (TPSA) is 91.5 Å². The molecule has 0 aliphatic heterocycles. The van der Waals surface area contributed by atoms with Gasteiger partial charge in [-0.1, -0.05) is 0 Å². The molecule has 80 valence electrons. The Bertz CT molecular complexity index is 380. The van der Waals surface area contributed by atoms with Gasteiger partial charge in [0.05, 0.1) is 0 Å². The quantitative estimate of drug-likeness (QED) is 0.463. The first kappa shape index (κ1) is 11.0. The van der Waals surface area contributed by atoms with Crippen LogP contribution in [0.1, 0.15) is 0 Å². The molecule has 6 heteroatoms. The normalized spacial score (nSPS) is 9.47. The SMILES string of the molecule is CN(C(=N)N=C(N)N)c1ccc(F)cc1. The van der Waals surface area contributed by atoms with E-state index >= 15 is 0 Å². The van der Waals surface area contributed by atoms with E-state index in [2.05, 4.69) is 4.99 Å². The summed E-state index contributed by atoms with van der Waals surface area (Å²) in [6.45, 7) is 0. The van der Waals surface area contributed by atoms with Gasteiger partial charge in [-0.3, -0.25) is 5.41 Å². The summed E-state index contributed by atoms with van der Waals surface area (Å²) in [7, 11) is 1.61. The van der Waals surface area contributed by atoms with Crippen LogP contribution in [0.2, 0.25) is 0 Å². The average molecular weight is 209 g/mol. The highest BCUT2D eigenvalue weighted by molar-refractivity contribution is 6.00. The Balaban J connectivity index is 2.85. The minimum Gasteiger partial charge on any atom is -0.370 e. The highest BCUT2D eigenvalue weighted by atomic mass is 19.1. The molecule has 0 atom stereocenters. The Morgan fingerprint density at radius 3 is 2.33 bits per heavy atom. The van der Waals surface area contributed by atoms with Gasteiger partial charge in [0.2, 0.25) is 5.96 Å². The molecule has 0 saturated heterocycles. The fraction of sp³-hybridized carbons (Fsp3) is 0.111. The van der Waals surface area contributed by atoms with E-state index in [1.807, 2.05) is 0 Å². The molecule has 5 nitrogen and oxygen atoms in total. The Morgan fingerprint density at radius 2 is 1.87 bits per heavy atom. The van der Waals surface area contributed by atoms with E-state index in [0.29, 0.717) is 5.69 Å². The van der Waals surface area contributed by atoms with Crippen molar-refractivity contribution in [3.8, 4) is 0 Å². The summed E-state index contributed by atoms with van der Waals surface area (Å²) in [5.41, 5.74) is 10.9. The lowest BCUT2D eigenvalue weighted by Crippen LogP contribution is -2.30. The van der Waals surface area contributed by atoms with Gasteiger partial charge in [-0.05, 0) is 24.3 Å². The number of guanidine groups is 2. The van der Waals surface area contributed by atoms with Gasteiger partial charge in [0.15, 0.2) is 5.96 Å². The lowest BCUT2D eigenvalue weighted by atomic mass is 10.3. The Kier molecular flexibility index (Phi) is 3.22. The summed E-state index contributed by atoms with van der Waals surface area (Å²) in [4.78, 5) is 4.99. The number of benzene rings is 1. The summed E-state index contributed by atoms with van der Waals surface area (Å²) < 4.78 is 12.6. The van der Waals surface area contributed by atoms with Gasteiger partial charge in [0.25, 0.3) is 0 Å². The number of halogens is 1. The highest BCUT2D eigenvalue weighted by Gasteiger charge is 2.05. The van der Waals surface area contributed by atoms with E-state index in [1.165, 1.54) is 29.2 Å². The lowest BCUT2D eigenvalue weighted by molar-refractivity contribution is 0.628. The van der Waals surface area contributed by atoms with Crippen LogP contribution in [-0.4, -0.2) is 19.0 Å². The molecule has 0 heterocycles. The monoisotopic (exact) mass is 209 g/mol. The van der Waals surface area contributed by atoms with Gasteiger partial charge in [-0.25, -0.2) is 4.39 Å². The Hall–Kier alpha value is -2.11. The van der Waals surface area contributed by atoms with Crippen molar-refractivity contribution in [1.29, 1.82) is 5.41 Å². The molecule has 0 amide bonds. The van der Waals surface area contributed by atoms with Crippen LogP contribution in [-0.2, 0) is 0 Å². The van der Waals surface area contributed by atoms with E-state index in [9.17, 15) is 4.39 Å². The van der Waals surface area contributed by atoms with Crippen molar-refractivity contribution in [3.05, 3.63) is 30.1 Å². The second kappa shape index (κ2) is 4.41. The molecule has 0 aliphatic carbocycles. The zero-order valence-electron chi connectivity index (χ0n) is 8.24. The van der Waals surface area contributed by atoms with E-state index in [4.69, 9.17) is 16.9 Å². The van der Waals surface area contributed by atoms with Crippen LogP contribution in [0, 0.1) is 11.2 Å². The maximum absolute atomic E-state index is 12.6. The van der Waals surface area contributed by atoms with Gasteiger partial charge in [0, 0.05) is 12.7 Å². The van der Waals surface area contributed by atoms with E-state index in [-0.39, 0.29) is 17.7 Å². The van der Waals surface area contributed by atoms with Crippen LogP contribution >= 0.6 is 0 Å². The molecule has 0 radical (unpaired) electrons. The van der Waals surface area contributed by atoms with Crippen molar-refractivity contribution in [3.63, 3.8) is 0 Å². The molecule has 0 unspecified atom stereocenters. The maximum atomic E-state index is 12.6. The van der Waals surface area contributed by atoms with Crippen LogP contribution in [0.15, 0.2) is 29.3 Å². The minimum absolute atomic E-state index is 0.110. The third-order valence-corrected chi connectivity index (χ3v) is 1.77. The van der Waals surface area contributed by atoms with Crippen molar-refractivity contribution in [2.45, 2.75) is 0 Å². The third kappa shape index (κ3) is 2.94. The van der Waals surface area contributed by atoms with Crippen molar-refractivity contribution in [1.82, 2.24) is 0 Å². The molecule has 15 heavy (non-hydrogen) atoms. The number of nitrogens with two attached hydrogens (primary N) is 2.